The average Bonchev–Trinajstić information content (AvgIpc) is 2.35. The van der Waals surface area contributed by atoms with Gasteiger partial charge in [-0.3, -0.25) is 4.79 Å². The molecule has 0 aromatic heterocycles. The molecule has 1 aromatic rings. The first kappa shape index (κ1) is 14.7. The van der Waals surface area contributed by atoms with Crippen molar-refractivity contribution in [3.05, 3.63) is 29.8 Å². The van der Waals surface area contributed by atoms with Gasteiger partial charge in [0.1, 0.15) is 11.5 Å². The van der Waals surface area contributed by atoms with E-state index >= 15 is 0 Å². The van der Waals surface area contributed by atoms with Gasteiger partial charge < -0.3 is 4.74 Å². The SMILES string of the molecule is CCCCCCC(=O)CCOc1cccc(C)c1. The Morgan fingerprint density at radius 3 is 2.72 bits per heavy atom. The molecule has 0 aliphatic rings. The largest absolute Gasteiger partial charge is 0.493 e. The number of benzene rings is 1. The highest BCUT2D eigenvalue weighted by molar-refractivity contribution is 5.78. The van der Waals surface area contributed by atoms with Crippen LogP contribution in [0.25, 0.3) is 0 Å². The molecule has 0 aliphatic carbocycles. The molecule has 0 bridgehead atoms. The Morgan fingerprint density at radius 2 is 2.00 bits per heavy atom. The zero-order valence-electron chi connectivity index (χ0n) is 11.6. The second kappa shape index (κ2) is 8.73. The molecule has 0 unspecified atom stereocenters. The van der Waals surface area contributed by atoms with Gasteiger partial charge in [0.25, 0.3) is 0 Å². The van der Waals surface area contributed by atoms with Crippen molar-refractivity contribution in [1.82, 2.24) is 0 Å². The topological polar surface area (TPSA) is 26.3 Å². The third kappa shape index (κ3) is 6.43. The van der Waals surface area contributed by atoms with Gasteiger partial charge in [0, 0.05) is 12.8 Å². The van der Waals surface area contributed by atoms with Crippen molar-refractivity contribution in [1.29, 1.82) is 0 Å². The van der Waals surface area contributed by atoms with Crippen molar-refractivity contribution in [3.8, 4) is 5.75 Å². The van der Waals surface area contributed by atoms with Crippen LogP contribution in [0.5, 0.6) is 5.75 Å². The monoisotopic (exact) mass is 248 g/mol. The molecule has 0 N–H and O–H groups in total. The summed E-state index contributed by atoms with van der Waals surface area (Å²) in [6, 6.07) is 7.92. The Morgan fingerprint density at radius 1 is 1.17 bits per heavy atom. The summed E-state index contributed by atoms with van der Waals surface area (Å²) in [5, 5.41) is 0. The molecular weight excluding hydrogens is 224 g/mol. The Labute approximate surface area is 110 Å². The van der Waals surface area contributed by atoms with E-state index < -0.39 is 0 Å². The maximum Gasteiger partial charge on any atom is 0.136 e. The number of hydrogen-bond donors (Lipinski definition) is 0. The Bertz CT molecular complexity index is 358. The van der Waals surface area contributed by atoms with Gasteiger partial charge >= 0.3 is 0 Å². The molecule has 1 aromatic carbocycles. The van der Waals surface area contributed by atoms with Gasteiger partial charge in [0.05, 0.1) is 6.61 Å². The van der Waals surface area contributed by atoms with Gasteiger partial charge in [-0.05, 0) is 31.0 Å². The normalized spacial score (nSPS) is 10.3. The maximum absolute atomic E-state index is 11.6. The number of carbonyl (C=O) groups is 1. The number of aryl methyl sites for hydroxylation is 1. The average molecular weight is 248 g/mol. The number of ketones is 1. The zero-order chi connectivity index (χ0) is 13.2. The van der Waals surface area contributed by atoms with Crippen LogP contribution in [0.4, 0.5) is 0 Å². The van der Waals surface area contributed by atoms with E-state index in [1.54, 1.807) is 0 Å². The highest BCUT2D eigenvalue weighted by Crippen LogP contribution is 2.13. The van der Waals surface area contributed by atoms with Gasteiger partial charge in [0.15, 0.2) is 0 Å². The van der Waals surface area contributed by atoms with Crippen LogP contribution in [0.3, 0.4) is 0 Å². The molecule has 1 rings (SSSR count). The molecule has 2 nitrogen and oxygen atoms in total. The smallest absolute Gasteiger partial charge is 0.136 e. The molecule has 0 amide bonds. The fourth-order valence-electron chi connectivity index (χ4n) is 1.86. The van der Waals surface area contributed by atoms with Gasteiger partial charge in [-0.15, -0.1) is 0 Å². The zero-order valence-corrected chi connectivity index (χ0v) is 11.6. The van der Waals surface area contributed by atoms with Crippen LogP contribution in [-0.2, 0) is 4.79 Å². The minimum absolute atomic E-state index is 0.318. The van der Waals surface area contributed by atoms with Crippen molar-refractivity contribution in [3.63, 3.8) is 0 Å². The van der Waals surface area contributed by atoms with Crippen molar-refractivity contribution >= 4 is 5.78 Å². The summed E-state index contributed by atoms with van der Waals surface area (Å²) in [5.41, 5.74) is 1.18. The van der Waals surface area contributed by atoms with Crippen LogP contribution in [0.15, 0.2) is 24.3 Å². The number of unbranched alkanes of at least 4 members (excludes halogenated alkanes) is 3. The molecule has 2 heteroatoms. The van der Waals surface area contributed by atoms with Crippen molar-refractivity contribution < 1.29 is 9.53 Å². The lowest BCUT2D eigenvalue weighted by molar-refractivity contribution is -0.119. The van der Waals surface area contributed by atoms with Gasteiger partial charge in [0.2, 0.25) is 0 Å². The molecular formula is C16H24O2. The van der Waals surface area contributed by atoms with Crippen LogP contribution >= 0.6 is 0 Å². The van der Waals surface area contributed by atoms with Crippen LogP contribution in [0.1, 0.15) is 51.0 Å². The molecule has 0 radical (unpaired) electrons. The standard InChI is InChI=1S/C16H24O2/c1-3-4-5-6-9-15(17)11-12-18-16-10-7-8-14(2)13-16/h7-8,10,13H,3-6,9,11-12H2,1-2H3. The van der Waals surface area contributed by atoms with E-state index in [-0.39, 0.29) is 0 Å². The molecule has 0 atom stereocenters. The lowest BCUT2D eigenvalue weighted by Gasteiger charge is -2.06. The van der Waals surface area contributed by atoms with Crippen molar-refractivity contribution in [2.45, 2.75) is 52.4 Å². The van der Waals surface area contributed by atoms with E-state index in [1.165, 1.54) is 24.8 Å². The minimum Gasteiger partial charge on any atom is -0.493 e. The molecule has 0 aliphatic heterocycles. The Hall–Kier alpha value is -1.31. The molecule has 18 heavy (non-hydrogen) atoms. The van der Waals surface area contributed by atoms with Crippen molar-refractivity contribution in [2.24, 2.45) is 0 Å². The summed E-state index contributed by atoms with van der Waals surface area (Å²) in [6.07, 6.45) is 5.87. The van der Waals surface area contributed by atoms with Crippen LogP contribution in [-0.4, -0.2) is 12.4 Å². The molecule has 0 fully saturated rings. The number of carbonyl (C=O) groups excluding carboxylic acids is 1. The maximum atomic E-state index is 11.6. The van der Waals surface area contributed by atoms with Gasteiger partial charge in [-0.2, -0.15) is 0 Å². The molecule has 0 heterocycles. The van der Waals surface area contributed by atoms with Gasteiger partial charge in [-0.25, -0.2) is 0 Å². The van der Waals surface area contributed by atoms with Gasteiger partial charge in [-0.1, -0.05) is 38.3 Å². The number of Topliss-reactive ketones (excluding diaryl/α,β-unsaturated/α-hetero) is 1. The molecule has 100 valence electrons. The molecule has 0 spiro atoms. The summed E-state index contributed by atoms with van der Waals surface area (Å²) in [6.45, 7) is 4.71. The fourth-order valence-corrected chi connectivity index (χ4v) is 1.86. The Kier molecular flexibility index (Phi) is 7.16. The summed E-state index contributed by atoms with van der Waals surface area (Å²) < 4.78 is 5.56. The molecule has 0 saturated carbocycles. The first-order valence-electron chi connectivity index (χ1n) is 6.93. The number of rotatable bonds is 9. The lowest BCUT2D eigenvalue weighted by atomic mass is 10.1. The second-order valence-electron chi connectivity index (χ2n) is 4.76. The van der Waals surface area contributed by atoms with E-state index in [1.807, 2.05) is 31.2 Å². The summed E-state index contributed by atoms with van der Waals surface area (Å²) in [7, 11) is 0. The quantitative estimate of drug-likeness (QED) is 0.609. The number of ether oxygens (including phenoxy) is 1. The minimum atomic E-state index is 0.318. The molecule has 0 saturated heterocycles. The lowest BCUT2D eigenvalue weighted by Crippen LogP contribution is -2.06. The predicted octanol–water partition coefficient (Wildman–Crippen LogP) is 4.30. The van der Waals surface area contributed by atoms with Crippen LogP contribution < -0.4 is 4.74 Å². The van der Waals surface area contributed by atoms with E-state index in [4.69, 9.17) is 4.74 Å². The highest BCUT2D eigenvalue weighted by atomic mass is 16.5. The highest BCUT2D eigenvalue weighted by Gasteiger charge is 2.02. The van der Waals surface area contributed by atoms with Crippen LogP contribution in [0, 0.1) is 6.92 Å². The van der Waals surface area contributed by atoms with E-state index in [2.05, 4.69) is 6.92 Å². The van der Waals surface area contributed by atoms with Crippen LogP contribution in [0.2, 0.25) is 0 Å². The third-order valence-electron chi connectivity index (χ3n) is 2.95. The predicted molar refractivity (Wildman–Crippen MR) is 75.1 cm³/mol. The second-order valence-corrected chi connectivity index (χ2v) is 4.76. The first-order chi connectivity index (χ1) is 8.72. The van der Waals surface area contributed by atoms with E-state index in [9.17, 15) is 4.79 Å². The first-order valence-corrected chi connectivity index (χ1v) is 6.93. The fraction of sp³-hybridized carbons (Fsp3) is 0.562. The summed E-state index contributed by atoms with van der Waals surface area (Å²) in [5.74, 6) is 1.17. The van der Waals surface area contributed by atoms with E-state index in [0.29, 0.717) is 25.2 Å². The summed E-state index contributed by atoms with van der Waals surface area (Å²) in [4.78, 5) is 11.6. The van der Waals surface area contributed by atoms with E-state index in [0.717, 1.165) is 12.2 Å². The summed E-state index contributed by atoms with van der Waals surface area (Å²) >= 11 is 0. The number of hydrogen-bond acceptors (Lipinski definition) is 2. The van der Waals surface area contributed by atoms with Crippen molar-refractivity contribution in [2.75, 3.05) is 6.61 Å². The third-order valence-corrected chi connectivity index (χ3v) is 2.95. The Balaban J connectivity index is 2.12.